The third-order valence-corrected chi connectivity index (χ3v) is 12.4. The summed E-state index contributed by atoms with van der Waals surface area (Å²) in [6.07, 6.45) is 0. The predicted octanol–water partition coefficient (Wildman–Crippen LogP) is 15.9. The van der Waals surface area contributed by atoms with Gasteiger partial charge in [-0.15, -0.1) is 0 Å². The molecule has 0 radical (unpaired) electrons. The van der Waals surface area contributed by atoms with Crippen molar-refractivity contribution < 1.29 is 0 Å². The van der Waals surface area contributed by atoms with E-state index in [0.717, 1.165) is 17.1 Å². The molecule has 1 heteroatoms. The molecule has 0 bridgehead atoms. The van der Waals surface area contributed by atoms with Gasteiger partial charge in [0.25, 0.3) is 0 Å². The largest absolute Gasteiger partial charge is 0.309 e. The number of rotatable bonds is 6. The zero-order valence-corrected chi connectivity index (χ0v) is 32.7. The lowest BCUT2D eigenvalue weighted by atomic mass is 9.81. The standard InChI is InChI=1S/C57H41N/c1-57(2)52-36-43-23-10-9-22-42(43)35-51(52)48-31-30-45(37-53(48)57)58(54-32-29-44(38-16-5-3-6-17-38)34-50(54)40-18-7-4-8-19-40)55-33-28-41-21-12-14-26-47(41)56(55)49-27-15-24-39-20-11-13-25-46(39)49/h3-37H,1-2H3. The zero-order chi connectivity index (χ0) is 38.8. The second-order valence-electron chi connectivity index (χ2n) is 16.1. The van der Waals surface area contributed by atoms with Gasteiger partial charge in [0.15, 0.2) is 0 Å². The normalized spacial score (nSPS) is 12.8. The van der Waals surface area contributed by atoms with Crippen LogP contribution in [0, 0.1) is 0 Å². The van der Waals surface area contributed by atoms with Crippen LogP contribution in [0.1, 0.15) is 25.0 Å². The second-order valence-corrected chi connectivity index (χ2v) is 16.1. The summed E-state index contributed by atoms with van der Waals surface area (Å²) in [7, 11) is 0. The number of fused-ring (bicyclic) bond motifs is 6. The number of nitrogens with zero attached hydrogens (tertiary/aromatic N) is 1. The molecule has 0 N–H and O–H groups in total. The molecule has 10 aromatic rings. The van der Waals surface area contributed by atoms with Crippen LogP contribution in [0.25, 0.3) is 76.8 Å². The van der Waals surface area contributed by atoms with Crippen molar-refractivity contribution >= 4 is 49.4 Å². The van der Waals surface area contributed by atoms with Crippen molar-refractivity contribution in [3.05, 3.63) is 223 Å². The lowest BCUT2D eigenvalue weighted by Crippen LogP contribution is -2.17. The molecule has 274 valence electrons. The summed E-state index contributed by atoms with van der Waals surface area (Å²) < 4.78 is 0. The van der Waals surface area contributed by atoms with Crippen LogP contribution in [0.5, 0.6) is 0 Å². The molecule has 58 heavy (non-hydrogen) atoms. The van der Waals surface area contributed by atoms with Gasteiger partial charge in [-0.1, -0.05) is 184 Å². The summed E-state index contributed by atoms with van der Waals surface area (Å²) >= 11 is 0. The van der Waals surface area contributed by atoms with Crippen molar-refractivity contribution in [2.24, 2.45) is 0 Å². The summed E-state index contributed by atoms with van der Waals surface area (Å²) in [6.45, 7) is 4.78. The van der Waals surface area contributed by atoms with Gasteiger partial charge in [0.1, 0.15) is 0 Å². The number of hydrogen-bond donors (Lipinski definition) is 0. The van der Waals surface area contributed by atoms with E-state index in [0.29, 0.717) is 0 Å². The van der Waals surface area contributed by atoms with E-state index >= 15 is 0 Å². The SMILES string of the molecule is CC1(C)c2cc(N(c3ccc(-c4ccccc4)cc3-c3ccccc3)c3ccc4ccccc4c3-c3cccc4ccccc34)ccc2-c2cc3ccccc3cc21. The Morgan fingerprint density at radius 2 is 0.914 bits per heavy atom. The third-order valence-electron chi connectivity index (χ3n) is 12.4. The van der Waals surface area contributed by atoms with Crippen LogP contribution in [0.3, 0.4) is 0 Å². The summed E-state index contributed by atoms with van der Waals surface area (Å²) in [4.78, 5) is 2.54. The molecule has 0 aromatic heterocycles. The Balaban J connectivity index is 1.23. The molecule has 1 aliphatic rings. The monoisotopic (exact) mass is 739 g/mol. The third kappa shape index (κ3) is 5.46. The minimum Gasteiger partial charge on any atom is -0.309 e. The van der Waals surface area contributed by atoms with E-state index in [2.05, 4.69) is 231 Å². The molecule has 0 spiro atoms. The highest BCUT2D eigenvalue weighted by Gasteiger charge is 2.37. The van der Waals surface area contributed by atoms with Crippen molar-refractivity contribution in [2.75, 3.05) is 4.90 Å². The van der Waals surface area contributed by atoms with Gasteiger partial charge >= 0.3 is 0 Å². The predicted molar refractivity (Wildman–Crippen MR) is 248 cm³/mol. The van der Waals surface area contributed by atoms with Gasteiger partial charge in [0.05, 0.1) is 11.4 Å². The molecule has 0 saturated carbocycles. The van der Waals surface area contributed by atoms with Crippen LogP contribution in [-0.4, -0.2) is 0 Å². The van der Waals surface area contributed by atoms with Crippen LogP contribution < -0.4 is 4.90 Å². The van der Waals surface area contributed by atoms with Crippen molar-refractivity contribution in [2.45, 2.75) is 19.3 Å². The van der Waals surface area contributed by atoms with E-state index in [1.54, 1.807) is 0 Å². The topological polar surface area (TPSA) is 3.24 Å². The highest BCUT2D eigenvalue weighted by molar-refractivity contribution is 6.12. The molecule has 1 nitrogen and oxygen atoms in total. The molecule has 0 atom stereocenters. The lowest BCUT2D eigenvalue weighted by molar-refractivity contribution is 0.661. The molecule has 10 aromatic carbocycles. The lowest BCUT2D eigenvalue weighted by Gasteiger charge is -2.32. The Hall–Kier alpha value is -7.22. The molecule has 11 rings (SSSR count). The molecule has 1 aliphatic carbocycles. The number of hydrogen-bond acceptors (Lipinski definition) is 1. The summed E-state index contributed by atoms with van der Waals surface area (Å²) in [5.74, 6) is 0. The fourth-order valence-electron chi connectivity index (χ4n) is 9.52. The smallest absolute Gasteiger partial charge is 0.0546 e. The maximum absolute atomic E-state index is 2.54. The Morgan fingerprint density at radius 3 is 1.67 bits per heavy atom. The first-order chi connectivity index (χ1) is 28.5. The molecule has 0 aliphatic heterocycles. The van der Waals surface area contributed by atoms with Crippen LogP contribution in [0.4, 0.5) is 17.1 Å². The Kier molecular flexibility index (Phi) is 7.91. The summed E-state index contributed by atoms with van der Waals surface area (Å²) in [5.41, 5.74) is 15.7. The van der Waals surface area contributed by atoms with Gasteiger partial charge in [-0.2, -0.15) is 0 Å². The first kappa shape index (κ1) is 34.1. The molecule has 0 heterocycles. The van der Waals surface area contributed by atoms with Crippen molar-refractivity contribution in [3.63, 3.8) is 0 Å². The fraction of sp³-hybridized carbons (Fsp3) is 0.0526. The van der Waals surface area contributed by atoms with Crippen LogP contribution in [0.15, 0.2) is 212 Å². The van der Waals surface area contributed by atoms with Gasteiger partial charge in [-0.05, 0) is 119 Å². The van der Waals surface area contributed by atoms with Crippen molar-refractivity contribution in [1.82, 2.24) is 0 Å². The van der Waals surface area contributed by atoms with Gasteiger partial charge in [0, 0.05) is 22.2 Å². The number of anilines is 3. The molecular formula is C57H41N. The molecule has 0 amide bonds. The quantitative estimate of drug-likeness (QED) is 0.164. The zero-order valence-electron chi connectivity index (χ0n) is 32.7. The first-order valence-electron chi connectivity index (χ1n) is 20.3. The van der Waals surface area contributed by atoms with E-state index in [1.807, 2.05) is 0 Å². The van der Waals surface area contributed by atoms with Crippen LogP contribution in [0.2, 0.25) is 0 Å². The molecule has 0 fully saturated rings. The second kappa shape index (κ2) is 13.5. The highest BCUT2D eigenvalue weighted by atomic mass is 15.1. The minimum atomic E-state index is -0.197. The van der Waals surface area contributed by atoms with E-state index in [9.17, 15) is 0 Å². The van der Waals surface area contributed by atoms with Crippen molar-refractivity contribution in [3.8, 4) is 44.5 Å². The maximum Gasteiger partial charge on any atom is 0.0546 e. The highest BCUT2D eigenvalue weighted by Crippen LogP contribution is 2.54. The molecule has 0 saturated heterocycles. The average molecular weight is 740 g/mol. The van der Waals surface area contributed by atoms with Crippen LogP contribution >= 0.6 is 0 Å². The average Bonchev–Trinajstić information content (AvgIpc) is 3.50. The molecule has 0 unspecified atom stereocenters. The number of benzene rings is 10. The van der Waals surface area contributed by atoms with E-state index in [-0.39, 0.29) is 5.41 Å². The van der Waals surface area contributed by atoms with Gasteiger partial charge in [-0.3, -0.25) is 0 Å². The van der Waals surface area contributed by atoms with Crippen LogP contribution in [-0.2, 0) is 5.41 Å². The summed E-state index contributed by atoms with van der Waals surface area (Å²) in [5, 5.41) is 7.47. The fourth-order valence-corrected chi connectivity index (χ4v) is 9.52. The van der Waals surface area contributed by atoms with E-state index in [1.165, 1.54) is 88.0 Å². The Morgan fingerprint density at radius 1 is 0.328 bits per heavy atom. The maximum atomic E-state index is 2.54. The van der Waals surface area contributed by atoms with E-state index in [4.69, 9.17) is 0 Å². The minimum absolute atomic E-state index is 0.197. The van der Waals surface area contributed by atoms with Gasteiger partial charge in [0.2, 0.25) is 0 Å². The van der Waals surface area contributed by atoms with Gasteiger partial charge < -0.3 is 4.90 Å². The first-order valence-corrected chi connectivity index (χ1v) is 20.3. The van der Waals surface area contributed by atoms with E-state index < -0.39 is 0 Å². The van der Waals surface area contributed by atoms with Gasteiger partial charge in [-0.25, -0.2) is 0 Å². The molecular weight excluding hydrogens is 699 g/mol. The Labute approximate surface area is 340 Å². The van der Waals surface area contributed by atoms with Crippen molar-refractivity contribution in [1.29, 1.82) is 0 Å². The summed E-state index contributed by atoms with van der Waals surface area (Å²) in [6, 6.07) is 78.4. The Bertz CT molecular complexity index is 3190.